The van der Waals surface area contributed by atoms with Crippen LogP contribution in [0.4, 0.5) is 0 Å². The highest BCUT2D eigenvalue weighted by Crippen LogP contribution is 2.13. The van der Waals surface area contributed by atoms with Gasteiger partial charge in [0.2, 0.25) is 0 Å². The van der Waals surface area contributed by atoms with Crippen LogP contribution in [-0.4, -0.2) is 44.0 Å². The topological polar surface area (TPSA) is 75.5 Å². The first-order valence-electron chi connectivity index (χ1n) is 10.5. The molecule has 3 aromatic rings. The van der Waals surface area contributed by atoms with Crippen molar-refractivity contribution in [3.05, 3.63) is 62.6 Å². The fraction of sp³-hybridized carbons (Fsp3) is 0.500. The summed E-state index contributed by atoms with van der Waals surface area (Å²) in [6, 6.07) is 10.2. The van der Waals surface area contributed by atoms with Gasteiger partial charge >= 0.3 is 5.69 Å². The number of rotatable bonds is 5. The molecule has 0 bridgehead atoms. The minimum Gasteiger partial charge on any atom is -0.364 e. The molecule has 0 radical (unpaired) electrons. The number of fused-ring (bicyclic) bond motifs is 1. The van der Waals surface area contributed by atoms with Crippen molar-refractivity contribution >= 4 is 11.2 Å². The maximum atomic E-state index is 13.0. The van der Waals surface area contributed by atoms with Crippen molar-refractivity contribution in [3.8, 4) is 0 Å². The number of nitrogens with one attached hydrogen (secondary N) is 1. The first-order valence-corrected chi connectivity index (χ1v) is 10.5. The third-order valence-electron chi connectivity index (χ3n) is 5.92. The summed E-state index contributed by atoms with van der Waals surface area (Å²) in [6.45, 7) is 7.30. The molecule has 1 aromatic carbocycles. The number of quaternary nitrogens is 1. The molecule has 0 spiro atoms. The van der Waals surface area contributed by atoms with Crippen LogP contribution in [0.2, 0.25) is 0 Å². The van der Waals surface area contributed by atoms with Crippen LogP contribution in [0, 0.1) is 0 Å². The first kappa shape index (κ1) is 20.6. The number of benzene rings is 1. The van der Waals surface area contributed by atoms with E-state index in [1.807, 2.05) is 22.8 Å². The minimum atomic E-state index is -0.354. The highest BCUT2D eigenvalue weighted by atomic mass is 16.5. The van der Waals surface area contributed by atoms with E-state index < -0.39 is 0 Å². The Morgan fingerprint density at radius 2 is 1.73 bits per heavy atom. The van der Waals surface area contributed by atoms with Gasteiger partial charge in [0.1, 0.15) is 31.8 Å². The van der Waals surface area contributed by atoms with E-state index in [-0.39, 0.29) is 23.5 Å². The summed E-state index contributed by atoms with van der Waals surface area (Å²) in [5.41, 5.74) is 1.51. The number of hydrogen-bond acceptors (Lipinski definition) is 4. The molecule has 3 heterocycles. The lowest BCUT2D eigenvalue weighted by Crippen LogP contribution is -3.14. The molecule has 0 saturated carbocycles. The number of aryl methyl sites for hydroxylation is 3. The summed E-state index contributed by atoms with van der Waals surface area (Å²) in [5, 5.41) is 0. The second-order valence-corrected chi connectivity index (χ2v) is 8.39. The predicted molar refractivity (Wildman–Crippen MR) is 115 cm³/mol. The quantitative estimate of drug-likeness (QED) is 0.634. The number of aromatic nitrogens is 4. The van der Waals surface area contributed by atoms with Gasteiger partial charge in [0.05, 0.1) is 0 Å². The average Bonchev–Trinajstić information content (AvgIpc) is 3.07. The highest BCUT2D eigenvalue weighted by Gasteiger charge is 2.28. The molecule has 0 amide bonds. The Hall–Kier alpha value is -2.71. The van der Waals surface area contributed by atoms with Crippen molar-refractivity contribution in [2.45, 2.75) is 45.6 Å². The normalized spacial score (nSPS) is 21.9. The molecule has 4 rings (SSSR count). The lowest BCUT2D eigenvalue weighted by Gasteiger charge is -2.32. The van der Waals surface area contributed by atoms with E-state index in [0.29, 0.717) is 24.3 Å². The van der Waals surface area contributed by atoms with E-state index in [1.165, 1.54) is 26.6 Å². The van der Waals surface area contributed by atoms with Crippen molar-refractivity contribution in [3.63, 3.8) is 0 Å². The van der Waals surface area contributed by atoms with Crippen LogP contribution >= 0.6 is 0 Å². The zero-order valence-corrected chi connectivity index (χ0v) is 18.1. The molecule has 160 valence electrons. The number of nitrogens with zero attached hydrogens (tertiary/aromatic N) is 4. The van der Waals surface area contributed by atoms with Crippen LogP contribution in [0.15, 0.2) is 39.9 Å². The van der Waals surface area contributed by atoms with Crippen LogP contribution in [0.1, 0.15) is 25.2 Å². The fourth-order valence-electron chi connectivity index (χ4n) is 4.51. The van der Waals surface area contributed by atoms with Crippen molar-refractivity contribution in [2.24, 2.45) is 14.1 Å². The molecular formula is C22H30N5O3+. The van der Waals surface area contributed by atoms with Gasteiger partial charge in [0.15, 0.2) is 17.0 Å². The van der Waals surface area contributed by atoms with Gasteiger partial charge in [0, 0.05) is 20.6 Å². The second kappa shape index (κ2) is 8.20. The molecule has 0 unspecified atom stereocenters. The van der Waals surface area contributed by atoms with Crippen molar-refractivity contribution in [1.29, 1.82) is 0 Å². The molecule has 2 aromatic heterocycles. The molecular weight excluding hydrogens is 382 g/mol. The first-order chi connectivity index (χ1) is 14.3. The summed E-state index contributed by atoms with van der Waals surface area (Å²) < 4.78 is 10.5. The minimum absolute atomic E-state index is 0.183. The lowest BCUT2D eigenvalue weighted by atomic mass is 10.1. The highest BCUT2D eigenvalue weighted by molar-refractivity contribution is 5.71. The van der Waals surface area contributed by atoms with Crippen molar-refractivity contribution in [2.75, 3.05) is 13.1 Å². The van der Waals surface area contributed by atoms with E-state index in [0.717, 1.165) is 25.3 Å². The smallest absolute Gasteiger partial charge is 0.332 e. The maximum absolute atomic E-state index is 13.0. The lowest BCUT2D eigenvalue weighted by molar-refractivity contribution is -0.929. The van der Waals surface area contributed by atoms with Crippen molar-refractivity contribution < 1.29 is 9.64 Å². The standard InChI is InChI=1S/C22H29N5O3/c1-15-12-26(13-16(2)30-15)14-18-23-20-19(21(28)25(4)22(29)24(20)3)27(18)11-10-17-8-6-5-7-9-17/h5-9,15-16H,10-14H2,1-4H3/p+1/t15-,16-/m0/s1. The summed E-state index contributed by atoms with van der Waals surface area (Å²) >= 11 is 0. The van der Waals surface area contributed by atoms with Gasteiger partial charge in [-0.05, 0) is 25.8 Å². The summed E-state index contributed by atoms with van der Waals surface area (Å²) in [7, 11) is 3.20. The zero-order chi connectivity index (χ0) is 21.4. The monoisotopic (exact) mass is 412 g/mol. The Bertz CT molecular complexity index is 1150. The van der Waals surface area contributed by atoms with E-state index in [1.54, 1.807) is 7.05 Å². The predicted octanol–water partition coefficient (Wildman–Crippen LogP) is -0.131. The van der Waals surface area contributed by atoms with Crippen LogP contribution in [0.25, 0.3) is 11.2 Å². The Labute approximate surface area is 175 Å². The molecule has 0 aliphatic carbocycles. The van der Waals surface area contributed by atoms with Gasteiger partial charge in [-0.3, -0.25) is 13.9 Å². The van der Waals surface area contributed by atoms with Gasteiger partial charge in [-0.1, -0.05) is 30.3 Å². The SMILES string of the molecule is C[C@H]1C[NH+](Cc2nc3c(c(=O)n(C)c(=O)n3C)n2CCc2ccccc2)C[C@H](C)O1. The summed E-state index contributed by atoms with van der Waals surface area (Å²) in [6.07, 6.45) is 1.16. The summed E-state index contributed by atoms with van der Waals surface area (Å²) in [4.78, 5) is 31.6. The number of morpholine rings is 1. The summed E-state index contributed by atoms with van der Waals surface area (Å²) in [5.74, 6) is 0.843. The number of ether oxygens (including phenoxy) is 1. The molecule has 1 aliphatic rings. The molecule has 8 heteroatoms. The van der Waals surface area contributed by atoms with E-state index in [2.05, 4.69) is 26.0 Å². The average molecular weight is 413 g/mol. The van der Waals surface area contributed by atoms with Crippen LogP contribution in [0.5, 0.6) is 0 Å². The Kier molecular flexibility index (Phi) is 5.62. The van der Waals surface area contributed by atoms with E-state index >= 15 is 0 Å². The third-order valence-corrected chi connectivity index (χ3v) is 5.92. The van der Waals surface area contributed by atoms with Gasteiger partial charge in [-0.25, -0.2) is 9.78 Å². The fourth-order valence-corrected chi connectivity index (χ4v) is 4.51. The molecule has 2 atom stereocenters. The molecule has 30 heavy (non-hydrogen) atoms. The second-order valence-electron chi connectivity index (χ2n) is 8.39. The number of hydrogen-bond donors (Lipinski definition) is 1. The van der Waals surface area contributed by atoms with E-state index in [9.17, 15) is 9.59 Å². The third kappa shape index (κ3) is 3.85. The van der Waals surface area contributed by atoms with E-state index in [4.69, 9.17) is 9.72 Å². The molecule has 1 aliphatic heterocycles. The van der Waals surface area contributed by atoms with Crippen LogP contribution in [-0.2, 0) is 38.3 Å². The molecule has 8 nitrogen and oxygen atoms in total. The Balaban J connectivity index is 1.77. The zero-order valence-electron chi connectivity index (χ0n) is 18.1. The van der Waals surface area contributed by atoms with Gasteiger partial charge < -0.3 is 14.2 Å². The van der Waals surface area contributed by atoms with Gasteiger partial charge in [-0.2, -0.15) is 0 Å². The van der Waals surface area contributed by atoms with Gasteiger partial charge in [0.25, 0.3) is 5.56 Å². The molecule has 1 fully saturated rings. The molecule has 1 N–H and O–H groups in total. The maximum Gasteiger partial charge on any atom is 0.332 e. The Morgan fingerprint density at radius 3 is 2.40 bits per heavy atom. The largest absolute Gasteiger partial charge is 0.364 e. The van der Waals surface area contributed by atoms with Crippen molar-refractivity contribution in [1.82, 2.24) is 18.7 Å². The van der Waals surface area contributed by atoms with Crippen LogP contribution < -0.4 is 16.1 Å². The van der Waals surface area contributed by atoms with Crippen LogP contribution in [0.3, 0.4) is 0 Å². The molecule has 1 saturated heterocycles. The van der Waals surface area contributed by atoms with Gasteiger partial charge in [-0.15, -0.1) is 0 Å². The number of imidazole rings is 1. The Morgan fingerprint density at radius 1 is 1.07 bits per heavy atom.